The molecule has 0 amide bonds. The Morgan fingerprint density at radius 3 is 2.65 bits per heavy atom. The van der Waals surface area contributed by atoms with Crippen LogP contribution in [0, 0.1) is 5.41 Å². The number of benzene rings is 1. The summed E-state index contributed by atoms with van der Waals surface area (Å²) < 4.78 is 5.70. The topological polar surface area (TPSA) is 52.3 Å². The molecule has 3 rings (SSSR count). The first-order valence-corrected chi connectivity index (χ1v) is 7.76. The molecule has 0 unspecified atom stereocenters. The number of ether oxygens (including phenoxy) is 1. The number of hydrogen-bond acceptors (Lipinski definition) is 3. The molecule has 2 aliphatic rings. The van der Waals surface area contributed by atoms with Crippen molar-refractivity contribution in [3.05, 3.63) is 29.3 Å². The van der Waals surface area contributed by atoms with Crippen LogP contribution in [0.1, 0.15) is 54.4 Å². The highest BCUT2D eigenvalue weighted by molar-refractivity contribution is 6.03. The Morgan fingerprint density at radius 2 is 1.95 bits per heavy atom. The zero-order valence-electron chi connectivity index (χ0n) is 12.0. The molecule has 0 bridgehead atoms. The fourth-order valence-electron chi connectivity index (χ4n) is 3.61. The van der Waals surface area contributed by atoms with E-state index in [0.717, 1.165) is 49.0 Å². The van der Waals surface area contributed by atoms with Crippen LogP contribution in [0.25, 0.3) is 0 Å². The number of hydrogen-bond donors (Lipinski definition) is 1. The zero-order valence-corrected chi connectivity index (χ0v) is 12.0. The summed E-state index contributed by atoms with van der Waals surface area (Å²) in [5.41, 5.74) is 7.59. The lowest BCUT2D eigenvalue weighted by molar-refractivity contribution is 0.0771. The van der Waals surface area contributed by atoms with Crippen LogP contribution >= 0.6 is 0 Å². The number of rotatable bonds is 3. The van der Waals surface area contributed by atoms with Gasteiger partial charge >= 0.3 is 0 Å². The van der Waals surface area contributed by atoms with Gasteiger partial charge in [-0.15, -0.1) is 0 Å². The molecule has 3 nitrogen and oxygen atoms in total. The average Bonchev–Trinajstić information content (AvgIpc) is 2.83. The van der Waals surface area contributed by atoms with Gasteiger partial charge in [0.15, 0.2) is 5.78 Å². The summed E-state index contributed by atoms with van der Waals surface area (Å²) in [5.74, 6) is 1.02. The molecule has 1 aliphatic heterocycles. The minimum absolute atomic E-state index is 0.209. The van der Waals surface area contributed by atoms with Crippen molar-refractivity contribution in [3.63, 3.8) is 0 Å². The van der Waals surface area contributed by atoms with Gasteiger partial charge in [-0.2, -0.15) is 0 Å². The summed E-state index contributed by atoms with van der Waals surface area (Å²) in [5, 5.41) is 0. The molecule has 108 valence electrons. The summed E-state index contributed by atoms with van der Waals surface area (Å²) >= 11 is 0. The van der Waals surface area contributed by atoms with Gasteiger partial charge in [-0.3, -0.25) is 4.79 Å². The van der Waals surface area contributed by atoms with E-state index in [1.165, 1.54) is 12.8 Å². The van der Waals surface area contributed by atoms with Crippen molar-refractivity contribution >= 4 is 5.78 Å². The van der Waals surface area contributed by atoms with Gasteiger partial charge < -0.3 is 10.5 Å². The van der Waals surface area contributed by atoms with Gasteiger partial charge in [0.2, 0.25) is 0 Å². The predicted molar refractivity (Wildman–Crippen MR) is 79.2 cm³/mol. The van der Waals surface area contributed by atoms with E-state index in [4.69, 9.17) is 10.5 Å². The van der Waals surface area contributed by atoms with Crippen LogP contribution in [0.4, 0.5) is 0 Å². The largest absolute Gasteiger partial charge is 0.492 e. The summed E-state index contributed by atoms with van der Waals surface area (Å²) in [7, 11) is 0. The molecule has 1 heterocycles. The van der Waals surface area contributed by atoms with Crippen molar-refractivity contribution in [2.75, 3.05) is 13.2 Å². The molecule has 0 radical (unpaired) electrons. The second kappa shape index (κ2) is 5.57. The van der Waals surface area contributed by atoms with Gasteiger partial charge in [0.05, 0.1) is 12.2 Å². The molecule has 20 heavy (non-hydrogen) atoms. The van der Waals surface area contributed by atoms with Gasteiger partial charge in [-0.05, 0) is 24.5 Å². The van der Waals surface area contributed by atoms with E-state index < -0.39 is 0 Å². The maximum atomic E-state index is 13.1. The van der Waals surface area contributed by atoms with E-state index in [0.29, 0.717) is 13.2 Å². The van der Waals surface area contributed by atoms with E-state index in [9.17, 15) is 4.79 Å². The molecule has 0 atom stereocenters. The molecule has 1 saturated carbocycles. The van der Waals surface area contributed by atoms with E-state index in [1.54, 1.807) is 0 Å². The first-order chi connectivity index (χ1) is 9.77. The monoisotopic (exact) mass is 273 g/mol. The minimum atomic E-state index is -0.364. The highest BCUT2D eigenvalue weighted by Crippen LogP contribution is 2.40. The number of fused-ring (bicyclic) bond motifs is 1. The highest BCUT2D eigenvalue weighted by Gasteiger charge is 2.39. The third kappa shape index (κ3) is 2.24. The summed E-state index contributed by atoms with van der Waals surface area (Å²) in [6.45, 7) is 1.14. The van der Waals surface area contributed by atoms with Crippen molar-refractivity contribution in [1.29, 1.82) is 0 Å². The van der Waals surface area contributed by atoms with Crippen LogP contribution in [0.15, 0.2) is 18.2 Å². The smallest absolute Gasteiger partial charge is 0.173 e. The third-order valence-corrected chi connectivity index (χ3v) is 4.89. The van der Waals surface area contributed by atoms with Gasteiger partial charge in [0.1, 0.15) is 5.75 Å². The third-order valence-electron chi connectivity index (χ3n) is 4.89. The Morgan fingerprint density at radius 1 is 1.20 bits per heavy atom. The molecular weight excluding hydrogens is 250 g/mol. The SMILES string of the molecule is NCC1(C(=O)c2cccc3c2OCC3)CCCCCC1. The fourth-order valence-corrected chi connectivity index (χ4v) is 3.61. The highest BCUT2D eigenvalue weighted by atomic mass is 16.5. The quantitative estimate of drug-likeness (QED) is 0.680. The van der Waals surface area contributed by atoms with Crippen LogP contribution in [-0.4, -0.2) is 18.9 Å². The molecule has 0 aromatic heterocycles. The normalized spacial score (nSPS) is 20.9. The van der Waals surface area contributed by atoms with Gasteiger partial charge in [-0.1, -0.05) is 37.8 Å². The second-order valence-corrected chi connectivity index (χ2v) is 6.12. The van der Waals surface area contributed by atoms with Crippen molar-refractivity contribution < 1.29 is 9.53 Å². The maximum absolute atomic E-state index is 13.1. The maximum Gasteiger partial charge on any atom is 0.173 e. The van der Waals surface area contributed by atoms with Crippen LogP contribution in [0.2, 0.25) is 0 Å². The lowest BCUT2D eigenvalue weighted by Crippen LogP contribution is -2.38. The molecule has 0 spiro atoms. The van der Waals surface area contributed by atoms with Crippen LogP contribution < -0.4 is 10.5 Å². The second-order valence-electron chi connectivity index (χ2n) is 6.12. The van der Waals surface area contributed by atoms with E-state index >= 15 is 0 Å². The fraction of sp³-hybridized carbons (Fsp3) is 0.588. The number of carbonyl (C=O) groups excluding carboxylic acids is 1. The predicted octanol–water partition coefficient (Wildman–Crippen LogP) is 3.10. The van der Waals surface area contributed by atoms with Crippen LogP contribution in [-0.2, 0) is 6.42 Å². The summed E-state index contributed by atoms with van der Waals surface area (Å²) in [4.78, 5) is 13.1. The Kier molecular flexibility index (Phi) is 3.79. The lowest BCUT2D eigenvalue weighted by atomic mass is 9.74. The number of para-hydroxylation sites is 1. The Bertz CT molecular complexity index is 502. The average molecular weight is 273 g/mol. The Hall–Kier alpha value is -1.35. The van der Waals surface area contributed by atoms with E-state index in [1.807, 2.05) is 12.1 Å². The zero-order chi connectivity index (χ0) is 14.0. The van der Waals surface area contributed by atoms with Crippen LogP contribution in [0.5, 0.6) is 5.75 Å². The molecule has 2 N–H and O–H groups in total. The minimum Gasteiger partial charge on any atom is -0.492 e. The first kappa shape index (κ1) is 13.6. The standard InChI is InChI=1S/C17H23NO2/c18-12-17(9-3-1-2-4-10-17)16(19)14-7-5-6-13-8-11-20-15(13)14/h5-7H,1-4,8-12,18H2. The van der Waals surface area contributed by atoms with Gasteiger partial charge in [0, 0.05) is 18.4 Å². The molecule has 1 aliphatic carbocycles. The van der Waals surface area contributed by atoms with Crippen molar-refractivity contribution in [2.45, 2.75) is 44.9 Å². The van der Waals surface area contributed by atoms with Gasteiger partial charge in [0.25, 0.3) is 0 Å². The van der Waals surface area contributed by atoms with Crippen molar-refractivity contribution in [3.8, 4) is 5.75 Å². The molecule has 0 saturated heterocycles. The molecule has 1 fully saturated rings. The lowest BCUT2D eigenvalue weighted by Gasteiger charge is -2.30. The molecule has 1 aromatic rings. The number of Topliss-reactive ketones (excluding diaryl/α,β-unsaturated/α-hetero) is 1. The van der Waals surface area contributed by atoms with E-state index in [-0.39, 0.29) is 11.2 Å². The van der Waals surface area contributed by atoms with E-state index in [2.05, 4.69) is 6.07 Å². The van der Waals surface area contributed by atoms with Gasteiger partial charge in [-0.25, -0.2) is 0 Å². The number of nitrogens with two attached hydrogens (primary N) is 1. The van der Waals surface area contributed by atoms with Crippen molar-refractivity contribution in [2.24, 2.45) is 11.1 Å². The number of carbonyl (C=O) groups is 1. The molecule has 1 aromatic carbocycles. The summed E-state index contributed by atoms with van der Waals surface area (Å²) in [6.07, 6.45) is 7.42. The molecule has 3 heteroatoms. The molecular formula is C17H23NO2. The van der Waals surface area contributed by atoms with Crippen molar-refractivity contribution in [1.82, 2.24) is 0 Å². The summed E-state index contributed by atoms with van der Waals surface area (Å²) in [6, 6.07) is 5.94. The Balaban J connectivity index is 1.96. The Labute approximate surface area is 120 Å². The first-order valence-electron chi connectivity index (χ1n) is 7.76. The number of ketones is 1. The van der Waals surface area contributed by atoms with Crippen LogP contribution in [0.3, 0.4) is 0 Å².